The van der Waals surface area contributed by atoms with E-state index >= 15 is 0 Å². The minimum Gasteiger partial charge on any atom is -0.480 e. The third-order valence-corrected chi connectivity index (χ3v) is 3.66. The first-order valence-electron chi connectivity index (χ1n) is 6.75. The molecule has 5 heteroatoms. The van der Waals surface area contributed by atoms with Gasteiger partial charge in [0.1, 0.15) is 6.04 Å². The summed E-state index contributed by atoms with van der Waals surface area (Å²) in [6, 6.07) is 4.95. The van der Waals surface area contributed by atoms with Crippen LogP contribution in [0.4, 0.5) is 10.5 Å². The average molecular weight is 276 g/mol. The Morgan fingerprint density at radius 3 is 2.40 bits per heavy atom. The molecule has 1 fully saturated rings. The van der Waals surface area contributed by atoms with Crippen molar-refractivity contribution in [2.75, 3.05) is 18.5 Å². The van der Waals surface area contributed by atoms with Crippen molar-refractivity contribution in [1.29, 1.82) is 0 Å². The maximum absolute atomic E-state index is 12.5. The first kappa shape index (κ1) is 14.4. The number of amides is 2. The lowest BCUT2D eigenvalue weighted by Gasteiger charge is -2.28. The third-order valence-electron chi connectivity index (χ3n) is 3.66. The number of carbonyl (C=O) groups excluding carboxylic acids is 1. The van der Waals surface area contributed by atoms with Gasteiger partial charge in [-0.2, -0.15) is 0 Å². The van der Waals surface area contributed by atoms with Crippen molar-refractivity contribution in [1.82, 2.24) is 4.90 Å². The van der Waals surface area contributed by atoms with Crippen LogP contribution >= 0.6 is 0 Å². The molecule has 0 saturated carbocycles. The summed E-state index contributed by atoms with van der Waals surface area (Å²) in [5.74, 6) is -0.926. The van der Waals surface area contributed by atoms with Crippen molar-refractivity contribution in [3.05, 3.63) is 29.3 Å². The molecule has 0 radical (unpaired) electrons. The monoisotopic (exact) mass is 276 g/mol. The highest BCUT2D eigenvalue weighted by atomic mass is 16.4. The Bertz CT molecular complexity index is 522. The number of aryl methyl sites for hydroxylation is 2. The van der Waals surface area contributed by atoms with Gasteiger partial charge in [0.25, 0.3) is 0 Å². The maximum Gasteiger partial charge on any atom is 0.326 e. The molecule has 1 aromatic rings. The Morgan fingerprint density at radius 2 is 1.85 bits per heavy atom. The van der Waals surface area contributed by atoms with E-state index in [1.54, 1.807) is 7.05 Å². The van der Waals surface area contributed by atoms with Gasteiger partial charge in [0, 0.05) is 19.3 Å². The standard InChI is InChI=1S/C15H20N2O3/c1-10-7-11(2)9-12(8-10)16(3)15(20)17-6-4-5-13(17)14(18)19/h7-9,13H,4-6H2,1-3H3,(H,18,19)/t13-/m1/s1. The van der Waals surface area contributed by atoms with Crippen LogP contribution in [-0.4, -0.2) is 41.6 Å². The summed E-state index contributed by atoms with van der Waals surface area (Å²) in [5, 5.41) is 9.16. The minimum atomic E-state index is -0.926. The fourth-order valence-corrected chi connectivity index (χ4v) is 2.70. The van der Waals surface area contributed by atoms with Crippen molar-refractivity contribution in [2.24, 2.45) is 0 Å². The SMILES string of the molecule is Cc1cc(C)cc(N(C)C(=O)N2CCC[C@@H]2C(=O)O)c1. The van der Waals surface area contributed by atoms with Crippen LogP contribution in [-0.2, 0) is 4.79 Å². The third kappa shape index (κ3) is 2.76. The van der Waals surface area contributed by atoms with Gasteiger partial charge < -0.3 is 10.0 Å². The van der Waals surface area contributed by atoms with E-state index in [4.69, 9.17) is 5.11 Å². The Morgan fingerprint density at radius 1 is 1.25 bits per heavy atom. The Labute approximate surface area is 118 Å². The lowest BCUT2D eigenvalue weighted by Crippen LogP contribution is -2.46. The summed E-state index contributed by atoms with van der Waals surface area (Å²) in [7, 11) is 1.69. The number of carboxylic acid groups (broad SMARTS) is 1. The fraction of sp³-hybridized carbons (Fsp3) is 0.467. The summed E-state index contributed by atoms with van der Waals surface area (Å²) in [5.41, 5.74) is 2.95. The van der Waals surface area contributed by atoms with E-state index in [0.29, 0.717) is 13.0 Å². The zero-order valence-corrected chi connectivity index (χ0v) is 12.1. The van der Waals surface area contributed by atoms with Crippen LogP contribution < -0.4 is 4.90 Å². The molecule has 20 heavy (non-hydrogen) atoms. The molecular formula is C15H20N2O3. The van der Waals surface area contributed by atoms with Crippen LogP contribution in [0.3, 0.4) is 0 Å². The van der Waals surface area contributed by atoms with E-state index < -0.39 is 12.0 Å². The molecular weight excluding hydrogens is 256 g/mol. The van der Waals surface area contributed by atoms with Crippen molar-refractivity contribution < 1.29 is 14.7 Å². The van der Waals surface area contributed by atoms with Gasteiger partial charge >= 0.3 is 12.0 Å². The van der Waals surface area contributed by atoms with Gasteiger partial charge in [-0.1, -0.05) is 6.07 Å². The second kappa shape index (κ2) is 5.53. The van der Waals surface area contributed by atoms with Crippen LogP contribution in [0.5, 0.6) is 0 Å². The predicted molar refractivity (Wildman–Crippen MR) is 77.1 cm³/mol. The second-order valence-electron chi connectivity index (χ2n) is 5.38. The molecule has 1 heterocycles. The molecule has 0 spiro atoms. The van der Waals surface area contributed by atoms with Crippen LogP contribution in [0.25, 0.3) is 0 Å². The van der Waals surface area contributed by atoms with Gasteiger partial charge in [0.2, 0.25) is 0 Å². The van der Waals surface area contributed by atoms with Gasteiger partial charge in [0.05, 0.1) is 0 Å². The predicted octanol–water partition coefficient (Wildman–Crippen LogP) is 2.41. The Hall–Kier alpha value is -2.04. The van der Waals surface area contributed by atoms with E-state index in [-0.39, 0.29) is 6.03 Å². The average Bonchev–Trinajstić information content (AvgIpc) is 2.85. The number of nitrogens with zero attached hydrogens (tertiary/aromatic N) is 2. The lowest BCUT2D eigenvalue weighted by molar-refractivity contribution is -0.141. The molecule has 0 aromatic heterocycles. The molecule has 1 saturated heterocycles. The largest absolute Gasteiger partial charge is 0.480 e. The van der Waals surface area contributed by atoms with Crippen molar-refractivity contribution in [3.8, 4) is 0 Å². The van der Waals surface area contributed by atoms with Crippen LogP contribution in [0.15, 0.2) is 18.2 Å². The molecule has 2 amide bonds. The zero-order valence-electron chi connectivity index (χ0n) is 12.1. The summed E-state index contributed by atoms with van der Waals surface area (Å²) >= 11 is 0. The molecule has 1 atom stereocenters. The second-order valence-corrected chi connectivity index (χ2v) is 5.38. The quantitative estimate of drug-likeness (QED) is 0.902. The van der Waals surface area contributed by atoms with Crippen molar-refractivity contribution in [2.45, 2.75) is 32.7 Å². The number of carboxylic acids is 1. The molecule has 2 rings (SSSR count). The molecule has 108 valence electrons. The highest BCUT2D eigenvalue weighted by Crippen LogP contribution is 2.23. The van der Waals surface area contributed by atoms with Crippen LogP contribution in [0.2, 0.25) is 0 Å². The molecule has 1 aliphatic rings. The number of likely N-dealkylation sites (tertiary alicyclic amines) is 1. The first-order chi connectivity index (χ1) is 9.40. The number of rotatable bonds is 2. The van der Waals surface area contributed by atoms with E-state index in [0.717, 1.165) is 23.2 Å². The highest BCUT2D eigenvalue weighted by Gasteiger charge is 2.35. The number of aliphatic carboxylic acids is 1. The number of hydrogen-bond acceptors (Lipinski definition) is 2. The topological polar surface area (TPSA) is 60.9 Å². The molecule has 1 N–H and O–H groups in total. The van der Waals surface area contributed by atoms with E-state index in [1.165, 1.54) is 9.80 Å². The number of anilines is 1. The summed E-state index contributed by atoms with van der Waals surface area (Å²) in [6.07, 6.45) is 1.27. The summed E-state index contributed by atoms with van der Waals surface area (Å²) in [4.78, 5) is 26.6. The molecule has 0 bridgehead atoms. The normalized spacial score (nSPS) is 18.1. The van der Waals surface area contributed by atoms with Gasteiger partial charge in [0.15, 0.2) is 0 Å². The molecule has 0 aliphatic carbocycles. The highest BCUT2D eigenvalue weighted by molar-refractivity contribution is 5.94. The maximum atomic E-state index is 12.5. The number of hydrogen-bond donors (Lipinski definition) is 1. The molecule has 1 aromatic carbocycles. The fourth-order valence-electron chi connectivity index (χ4n) is 2.70. The van der Waals surface area contributed by atoms with Crippen LogP contribution in [0.1, 0.15) is 24.0 Å². The zero-order chi connectivity index (χ0) is 14.9. The van der Waals surface area contributed by atoms with E-state index in [2.05, 4.69) is 0 Å². The van der Waals surface area contributed by atoms with E-state index in [9.17, 15) is 9.59 Å². The lowest BCUT2D eigenvalue weighted by atomic mass is 10.1. The summed E-state index contributed by atoms with van der Waals surface area (Å²) in [6.45, 7) is 4.46. The first-order valence-corrected chi connectivity index (χ1v) is 6.75. The number of urea groups is 1. The van der Waals surface area contributed by atoms with E-state index in [1.807, 2.05) is 32.0 Å². The van der Waals surface area contributed by atoms with Crippen LogP contribution in [0, 0.1) is 13.8 Å². The molecule has 1 aliphatic heterocycles. The van der Waals surface area contributed by atoms with Crippen molar-refractivity contribution in [3.63, 3.8) is 0 Å². The van der Waals surface area contributed by atoms with Gasteiger partial charge in [-0.15, -0.1) is 0 Å². The molecule has 5 nitrogen and oxygen atoms in total. The molecule has 0 unspecified atom stereocenters. The Balaban J connectivity index is 2.22. The van der Waals surface area contributed by atoms with Gasteiger partial charge in [-0.3, -0.25) is 4.90 Å². The van der Waals surface area contributed by atoms with Gasteiger partial charge in [-0.05, 0) is 49.9 Å². The van der Waals surface area contributed by atoms with Crippen molar-refractivity contribution >= 4 is 17.7 Å². The minimum absolute atomic E-state index is 0.250. The number of benzene rings is 1. The Kier molecular flexibility index (Phi) is 3.97. The summed E-state index contributed by atoms with van der Waals surface area (Å²) < 4.78 is 0. The van der Waals surface area contributed by atoms with Gasteiger partial charge in [-0.25, -0.2) is 9.59 Å². The number of carbonyl (C=O) groups is 2. The smallest absolute Gasteiger partial charge is 0.326 e.